The smallest absolute Gasteiger partial charge is 0.0446 e. The third kappa shape index (κ3) is 3.44. The van der Waals surface area contributed by atoms with Crippen molar-refractivity contribution in [2.75, 3.05) is 19.7 Å². The Bertz CT molecular complexity index is 220. The summed E-state index contributed by atoms with van der Waals surface area (Å²) in [6.07, 6.45) is 2.01. The molecule has 1 unspecified atom stereocenters. The van der Waals surface area contributed by atoms with E-state index in [1.54, 1.807) is 0 Å². The number of rotatable bonds is 2. The Hall–Kier alpha value is -0.120. The largest absolute Gasteiger partial charge is 0.396 e. The van der Waals surface area contributed by atoms with E-state index >= 15 is 0 Å². The van der Waals surface area contributed by atoms with Crippen LogP contribution in [0.4, 0.5) is 0 Å². The van der Waals surface area contributed by atoms with Gasteiger partial charge in [0.05, 0.1) is 0 Å². The molecule has 16 heavy (non-hydrogen) atoms. The van der Waals surface area contributed by atoms with Crippen molar-refractivity contribution in [1.82, 2.24) is 10.2 Å². The van der Waals surface area contributed by atoms with Gasteiger partial charge in [0, 0.05) is 30.3 Å². The molecule has 1 atom stereocenters. The lowest BCUT2D eigenvalue weighted by atomic mass is 9.91. The fourth-order valence-corrected chi connectivity index (χ4v) is 2.78. The molecule has 0 saturated carbocycles. The molecule has 1 heterocycles. The fraction of sp³-hybridized carbons (Fsp3) is 1.00. The molecule has 0 aromatic heterocycles. The van der Waals surface area contributed by atoms with Crippen molar-refractivity contribution in [1.29, 1.82) is 0 Å². The number of nitrogens with zero attached hydrogens (tertiary/aromatic N) is 1. The molecule has 0 spiro atoms. The summed E-state index contributed by atoms with van der Waals surface area (Å²) in [5.74, 6) is 0. The van der Waals surface area contributed by atoms with Crippen LogP contribution in [0.25, 0.3) is 0 Å². The summed E-state index contributed by atoms with van der Waals surface area (Å²) in [7, 11) is 0. The van der Waals surface area contributed by atoms with Crippen molar-refractivity contribution in [3.63, 3.8) is 0 Å². The van der Waals surface area contributed by atoms with E-state index in [1.807, 2.05) is 0 Å². The Morgan fingerprint density at radius 3 is 2.50 bits per heavy atom. The quantitative estimate of drug-likeness (QED) is 0.754. The fourth-order valence-electron chi connectivity index (χ4n) is 2.78. The van der Waals surface area contributed by atoms with Crippen LogP contribution in [0.2, 0.25) is 0 Å². The third-order valence-electron chi connectivity index (χ3n) is 3.59. The molecule has 1 saturated heterocycles. The maximum atomic E-state index is 9.07. The molecule has 0 aromatic carbocycles. The minimum atomic E-state index is 0.184. The summed E-state index contributed by atoms with van der Waals surface area (Å²) in [5.41, 5.74) is 0.415. The summed E-state index contributed by atoms with van der Waals surface area (Å²) in [4.78, 5) is 2.57. The van der Waals surface area contributed by atoms with Gasteiger partial charge in [-0.25, -0.2) is 0 Å². The predicted octanol–water partition coefficient (Wildman–Crippen LogP) is 1.61. The van der Waals surface area contributed by atoms with Crippen LogP contribution in [0.5, 0.6) is 0 Å². The Balaban J connectivity index is 2.80. The van der Waals surface area contributed by atoms with Gasteiger partial charge >= 0.3 is 0 Å². The van der Waals surface area contributed by atoms with E-state index in [-0.39, 0.29) is 17.7 Å². The monoisotopic (exact) mass is 228 g/mol. The topological polar surface area (TPSA) is 35.5 Å². The van der Waals surface area contributed by atoms with Gasteiger partial charge in [0.2, 0.25) is 0 Å². The Morgan fingerprint density at radius 2 is 2.00 bits per heavy atom. The molecule has 1 rings (SSSR count). The maximum absolute atomic E-state index is 9.07. The van der Waals surface area contributed by atoms with Crippen LogP contribution in [0, 0.1) is 0 Å². The molecule has 0 amide bonds. The maximum Gasteiger partial charge on any atom is 0.0446 e. The van der Waals surface area contributed by atoms with Gasteiger partial charge in [0.25, 0.3) is 0 Å². The molecule has 2 N–H and O–H groups in total. The van der Waals surface area contributed by atoms with E-state index < -0.39 is 0 Å². The highest BCUT2D eigenvalue weighted by Crippen LogP contribution is 2.29. The Kier molecular flexibility index (Phi) is 4.38. The molecule has 0 aliphatic carbocycles. The van der Waals surface area contributed by atoms with Crippen molar-refractivity contribution in [3.05, 3.63) is 0 Å². The lowest BCUT2D eigenvalue weighted by Gasteiger charge is -2.47. The van der Waals surface area contributed by atoms with Crippen LogP contribution in [0.1, 0.15) is 47.5 Å². The highest BCUT2D eigenvalue weighted by Gasteiger charge is 2.37. The number of hydrogen-bond donors (Lipinski definition) is 2. The SMILES string of the molecule is CC(C)(C)N1CC(CCO)NCCC1(C)C. The number of nitrogens with one attached hydrogen (secondary N) is 1. The molecular formula is C13H28N2O. The van der Waals surface area contributed by atoms with E-state index in [2.05, 4.69) is 44.8 Å². The van der Waals surface area contributed by atoms with Gasteiger partial charge in [0.1, 0.15) is 0 Å². The zero-order chi connectivity index (χ0) is 12.4. The first-order valence-corrected chi connectivity index (χ1v) is 6.39. The zero-order valence-electron chi connectivity index (χ0n) is 11.5. The van der Waals surface area contributed by atoms with Gasteiger partial charge < -0.3 is 10.4 Å². The average molecular weight is 228 g/mol. The molecule has 1 fully saturated rings. The van der Waals surface area contributed by atoms with Gasteiger partial charge in [-0.05, 0) is 54.0 Å². The minimum Gasteiger partial charge on any atom is -0.396 e. The number of aliphatic hydroxyl groups is 1. The Labute approximate surface area is 100 Å². The van der Waals surface area contributed by atoms with Crippen LogP contribution >= 0.6 is 0 Å². The highest BCUT2D eigenvalue weighted by atomic mass is 16.3. The van der Waals surface area contributed by atoms with Gasteiger partial charge in [-0.2, -0.15) is 0 Å². The molecular weight excluding hydrogens is 200 g/mol. The summed E-state index contributed by atoms with van der Waals surface area (Å²) in [6, 6.07) is 0.422. The van der Waals surface area contributed by atoms with Crippen LogP contribution < -0.4 is 5.32 Å². The summed E-state index contributed by atoms with van der Waals surface area (Å²) >= 11 is 0. The van der Waals surface area contributed by atoms with Crippen molar-refractivity contribution in [2.24, 2.45) is 0 Å². The van der Waals surface area contributed by atoms with Crippen LogP contribution in [-0.2, 0) is 0 Å². The highest BCUT2D eigenvalue weighted by molar-refractivity contribution is 4.95. The summed E-state index contributed by atoms with van der Waals surface area (Å²) in [5, 5.41) is 12.6. The second kappa shape index (κ2) is 5.03. The van der Waals surface area contributed by atoms with E-state index in [0.717, 1.165) is 25.9 Å². The van der Waals surface area contributed by atoms with Gasteiger partial charge in [-0.3, -0.25) is 4.90 Å². The summed E-state index contributed by atoms with van der Waals surface area (Å²) in [6.45, 7) is 13.8. The van der Waals surface area contributed by atoms with Crippen molar-refractivity contribution in [3.8, 4) is 0 Å². The molecule has 3 nitrogen and oxygen atoms in total. The molecule has 1 aliphatic heterocycles. The van der Waals surface area contributed by atoms with Crippen molar-refractivity contribution >= 4 is 0 Å². The van der Waals surface area contributed by atoms with Crippen LogP contribution in [0.3, 0.4) is 0 Å². The first-order chi connectivity index (χ1) is 7.27. The van der Waals surface area contributed by atoms with Gasteiger partial charge in [0.15, 0.2) is 0 Å². The average Bonchev–Trinajstić information content (AvgIpc) is 2.24. The summed E-state index contributed by atoms with van der Waals surface area (Å²) < 4.78 is 0. The first kappa shape index (κ1) is 13.9. The minimum absolute atomic E-state index is 0.184. The van der Waals surface area contributed by atoms with E-state index in [4.69, 9.17) is 5.11 Å². The molecule has 96 valence electrons. The van der Waals surface area contributed by atoms with Crippen molar-refractivity contribution in [2.45, 2.75) is 64.6 Å². The molecule has 0 bridgehead atoms. The lowest BCUT2D eigenvalue weighted by molar-refractivity contribution is 0.0249. The zero-order valence-corrected chi connectivity index (χ0v) is 11.5. The van der Waals surface area contributed by atoms with Gasteiger partial charge in [-0.1, -0.05) is 0 Å². The second-order valence-corrected chi connectivity index (χ2v) is 6.51. The second-order valence-electron chi connectivity index (χ2n) is 6.51. The number of hydrogen-bond acceptors (Lipinski definition) is 3. The normalized spacial score (nSPS) is 27.8. The predicted molar refractivity (Wildman–Crippen MR) is 68.6 cm³/mol. The molecule has 3 heteroatoms. The van der Waals surface area contributed by atoms with Crippen molar-refractivity contribution < 1.29 is 5.11 Å². The number of aliphatic hydroxyl groups excluding tert-OH is 1. The van der Waals surface area contributed by atoms with E-state index in [9.17, 15) is 0 Å². The molecule has 0 aromatic rings. The standard InChI is InChI=1S/C13H28N2O/c1-12(2,3)15-10-11(6-9-16)14-8-7-13(15,4)5/h11,14,16H,6-10H2,1-5H3. The van der Waals surface area contributed by atoms with Gasteiger partial charge in [-0.15, -0.1) is 0 Å². The van der Waals surface area contributed by atoms with E-state index in [1.165, 1.54) is 0 Å². The Morgan fingerprint density at radius 1 is 1.38 bits per heavy atom. The third-order valence-corrected chi connectivity index (χ3v) is 3.59. The first-order valence-electron chi connectivity index (χ1n) is 6.39. The lowest BCUT2D eigenvalue weighted by Crippen LogP contribution is -2.55. The van der Waals surface area contributed by atoms with Crippen LogP contribution in [0.15, 0.2) is 0 Å². The molecule has 1 aliphatic rings. The van der Waals surface area contributed by atoms with E-state index in [0.29, 0.717) is 6.04 Å². The van der Waals surface area contributed by atoms with Crippen LogP contribution in [-0.4, -0.2) is 46.8 Å². The molecule has 0 radical (unpaired) electrons.